The lowest BCUT2D eigenvalue weighted by molar-refractivity contribution is 0.258. The quantitative estimate of drug-likeness (QED) is 0.819. The van der Waals surface area contributed by atoms with Crippen LogP contribution in [0.4, 0.5) is 5.95 Å². The fraction of sp³-hybridized carbons (Fsp3) is 0.538. The average Bonchev–Trinajstić information content (AvgIpc) is 2.79. The normalized spacial score (nSPS) is 12.8. The number of nitrogens with zero attached hydrogens (tertiary/aromatic N) is 3. The minimum absolute atomic E-state index is 0.234. The van der Waals surface area contributed by atoms with Gasteiger partial charge < -0.3 is 10.4 Å². The van der Waals surface area contributed by atoms with Gasteiger partial charge in [0.1, 0.15) is 0 Å². The SMILES string of the molecule is CCC(CCO)CNc1nc2c(C)cccn2n1. The molecule has 0 aliphatic carbocycles. The van der Waals surface area contributed by atoms with E-state index in [0.29, 0.717) is 11.9 Å². The van der Waals surface area contributed by atoms with Crippen LogP contribution in [-0.4, -0.2) is 32.9 Å². The molecule has 0 amide bonds. The molecule has 0 saturated heterocycles. The van der Waals surface area contributed by atoms with Gasteiger partial charge in [0, 0.05) is 19.3 Å². The number of anilines is 1. The predicted molar refractivity (Wildman–Crippen MR) is 71.7 cm³/mol. The lowest BCUT2D eigenvalue weighted by Gasteiger charge is -2.12. The molecule has 0 fully saturated rings. The van der Waals surface area contributed by atoms with Crippen LogP contribution in [0.2, 0.25) is 0 Å². The van der Waals surface area contributed by atoms with Crippen LogP contribution in [0.5, 0.6) is 0 Å². The molecule has 0 aromatic carbocycles. The minimum atomic E-state index is 0.234. The second-order valence-corrected chi connectivity index (χ2v) is 4.56. The molecular weight excluding hydrogens is 228 g/mol. The molecule has 2 N–H and O–H groups in total. The van der Waals surface area contributed by atoms with Crippen molar-refractivity contribution in [3.63, 3.8) is 0 Å². The first kappa shape index (κ1) is 12.8. The number of hydrogen-bond acceptors (Lipinski definition) is 4. The Bertz CT molecular complexity index is 509. The molecule has 5 nitrogen and oxygen atoms in total. The van der Waals surface area contributed by atoms with Crippen molar-refractivity contribution < 1.29 is 5.11 Å². The molecular formula is C13H20N4O. The third-order valence-corrected chi connectivity index (χ3v) is 3.22. The number of aryl methyl sites for hydroxylation is 1. The summed E-state index contributed by atoms with van der Waals surface area (Å²) in [6.45, 7) is 5.18. The molecule has 2 aromatic heterocycles. The maximum Gasteiger partial charge on any atom is 0.243 e. The van der Waals surface area contributed by atoms with Crippen LogP contribution < -0.4 is 5.32 Å². The van der Waals surface area contributed by atoms with Crippen LogP contribution >= 0.6 is 0 Å². The molecule has 0 radical (unpaired) electrons. The van der Waals surface area contributed by atoms with Crippen molar-refractivity contribution in [2.45, 2.75) is 26.7 Å². The number of hydrogen-bond donors (Lipinski definition) is 2. The molecule has 5 heteroatoms. The van der Waals surface area contributed by atoms with Crippen molar-refractivity contribution in [1.29, 1.82) is 0 Å². The first-order valence-electron chi connectivity index (χ1n) is 6.41. The molecule has 2 aromatic rings. The van der Waals surface area contributed by atoms with Gasteiger partial charge in [-0.3, -0.25) is 0 Å². The van der Waals surface area contributed by atoms with Crippen LogP contribution in [0.25, 0.3) is 5.65 Å². The smallest absolute Gasteiger partial charge is 0.243 e. The van der Waals surface area contributed by atoms with E-state index in [4.69, 9.17) is 5.11 Å². The van der Waals surface area contributed by atoms with Crippen molar-refractivity contribution >= 4 is 11.6 Å². The van der Waals surface area contributed by atoms with Gasteiger partial charge in [0.05, 0.1) is 0 Å². The van der Waals surface area contributed by atoms with Crippen molar-refractivity contribution in [2.75, 3.05) is 18.5 Å². The number of pyridine rings is 1. The number of aromatic nitrogens is 3. The molecule has 18 heavy (non-hydrogen) atoms. The summed E-state index contributed by atoms with van der Waals surface area (Å²) >= 11 is 0. The van der Waals surface area contributed by atoms with Crippen LogP contribution in [-0.2, 0) is 0 Å². The van der Waals surface area contributed by atoms with Crippen molar-refractivity contribution in [3.8, 4) is 0 Å². The highest BCUT2D eigenvalue weighted by Gasteiger charge is 2.08. The topological polar surface area (TPSA) is 62.5 Å². The Morgan fingerprint density at radius 1 is 1.50 bits per heavy atom. The summed E-state index contributed by atoms with van der Waals surface area (Å²) in [5.41, 5.74) is 2.00. The number of aliphatic hydroxyl groups is 1. The van der Waals surface area contributed by atoms with Crippen molar-refractivity contribution in [3.05, 3.63) is 23.9 Å². The first-order chi connectivity index (χ1) is 8.74. The van der Waals surface area contributed by atoms with Gasteiger partial charge in [-0.1, -0.05) is 19.4 Å². The molecule has 0 spiro atoms. The molecule has 0 aliphatic rings. The molecule has 2 rings (SSSR count). The lowest BCUT2D eigenvalue weighted by atomic mass is 10.0. The summed E-state index contributed by atoms with van der Waals surface area (Å²) in [5.74, 6) is 1.11. The number of nitrogens with one attached hydrogen (secondary N) is 1. The van der Waals surface area contributed by atoms with E-state index in [1.165, 1.54) is 0 Å². The number of fused-ring (bicyclic) bond motifs is 1. The maximum absolute atomic E-state index is 8.95. The molecule has 0 saturated carbocycles. The van der Waals surface area contributed by atoms with E-state index in [0.717, 1.165) is 30.6 Å². The van der Waals surface area contributed by atoms with Crippen LogP contribution in [0, 0.1) is 12.8 Å². The van der Waals surface area contributed by atoms with Gasteiger partial charge in [0.25, 0.3) is 0 Å². The Morgan fingerprint density at radius 2 is 2.33 bits per heavy atom. The first-order valence-corrected chi connectivity index (χ1v) is 6.41. The van der Waals surface area contributed by atoms with E-state index in [1.807, 2.05) is 25.3 Å². The zero-order valence-corrected chi connectivity index (χ0v) is 10.9. The highest BCUT2D eigenvalue weighted by atomic mass is 16.3. The summed E-state index contributed by atoms with van der Waals surface area (Å²) in [7, 11) is 0. The third-order valence-electron chi connectivity index (χ3n) is 3.22. The van der Waals surface area contributed by atoms with Gasteiger partial charge >= 0.3 is 0 Å². The Balaban J connectivity index is 2.06. The lowest BCUT2D eigenvalue weighted by Crippen LogP contribution is -2.15. The highest BCUT2D eigenvalue weighted by molar-refractivity contribution is 5.49. The van der Waals surface area contributed by atoms with Gasteiger partial charge in [-0.25, -0.2) is 4.52 Å². The van der Waals surface area contributed by atoms with Crippen LogP contribution in [0.3, 0.4) is 0 Å². The number of aliphatic hydroxyl groups excluding tert-OH is 1. The molecule has 98 valence electrons. The van der Waals surface area contributed by atoms with Gasteiger partial charge in [0.15, 0.2) is 5.65 Å². The fourth-order valence-electron chi connectivity index (χ4n) is 1.98. The monoisotopic (exact) mass is 248 g/mol. The zero-order chi connectivity index (χ0) is 13.0. The van der Waals surface area contributed by atoms with E-state index >= 15 is 0 Å². The second-order valence-electron chi connectivity index (χ2n) is 4.56. The second kappa shape index (κ2) is 5.82. The van der Waals surface area contributed by atoms with Crippen molar-refractivity contribution in [2.24, 2.45) is 5.92 Å². The van der Waals surface area contributed by atoms with E-state index in [9.17, 15) is 0 Å². The van der Waals surface area contributed by atoms with Crippen molar-refractivity contribution in [1.82, 2.24) is 14.6 Å². The Labute approximate surface area is 107 Å². The molecule has 2 heterocycles. The number of rotatable bonds is 6. The van der Waals surface area contributed by atoms with Crippen LogP contribution in [0.15, 0.2) is 18.3 Å². The summed E-state index contributed by atoms with van der Waals surface area (Å²) < 4.78 is 1.78. The van der Waals surface area contributed by atoms with Gasteiger partial charge in [-0.2, -0.15) is 4.98 Å². The minimum Gasteiger partial charge on any atom is -0.396 e. The third kappa shape index (κ3) is 2.79. The van der Waals surface area contributed by atoms with Gasteiger partial charge in [-0.15, -0.1) is 5.10 Å². The largest absolute Gasteiger partial charge is 0.396 e. The van der Waals surface area contributed by atoms with E-state index in [2.05, 4.69) is 22.3 Å². The van der Waals surface area contributed by atoms with E-state index in [1.54, 1.807) is 4.52 Å². The summed E-state index contributed by atoms with van der Waals surface area (Å²) in [5, 5.41) is 16.6. The summed E-state index contributed by atoms with van der Waals surface area (Å²) in [4.78, 5) is 4.46. The standard InChI is InChI=1S/C13H20N4O/c1-3-11(6-8-18)9-14-13-15-12-10(2)5-4-7-17(12)16-13/h4-5,7,11,18H,3,6,8-9H2,1-2H3,(H,14,16). The average molecular weight is 248 g/mol. The Hall–Kier alpha value is -1.62. The molecule has 0 bridgehead atoms. The van der Waals surface area contributed by atoms with Gasteiger partial charge in [-0.05, 0) is 30.9 Å². The summed E-state index contributed by atoms with van der Waals surface area (Å²) in [6, 6.07) is 3.98. The fourth-order valence-corrected chi connectivity index (χ4v) is 1.98. The summed E-state index contributed by atoms with van der Waals surface area (Å²) in [6.07, 6.45) is 3.75. The maximum atomic E-state index is 8.95. The van der Waals surface area contributed by atoms with E-state index in [-0.39, 0.29) is 6.61 Å². The van der Waals surface area contributed by atoms with E-state index < -0.39 is 0 Å². The van der Waals surface area contributed by atoms with Gasteiger partial charge in [0.2, 0.25) is 5.95 Å². The molecule has 1 unspecified atom stereocenters. The predicted octanol–water partition coefficient (Wildman–Crippen LogP) is 1.86. The molecule has 1 atom stereocenters. The zero-order valence-electron chi connectivity index (χ0n) is 10.9. The molecule has 0 aliphatic heterocycles. The highest BCUT2D eigenvalue weighted by Crippen LogP contribution is 2.12. The van der Waals surface area contributed by atoms with Crippen LogP contribution in [0.1, 0.15) is 25.3 Å². The Morgan fingerprint density at radius 3 is 3.00 bits per heavy atom. The Kier molecular flexibility index (Phi) is 4.15.